The largest absolute Gasteiger partial charge is 0.395 e. The predicted octanol–water partition coefficient (Wildman–Crippen LogP) is 1.78. The number of halogens is 1. The van der Waals surface area contributed by atoms with Gasteiger partial charge in [0.05, 0.1) is 12.4 Å². The second-order valence-corrected chi connectivity index (χ2v) is 7.06. The first kappa shape index (κ1) is 11.9. The van der Waals surface area contributed by atoms with Gasteiger partial charge in [-0.15, -0.1) is 0 Å². The summed E-state index contributed by atoms with van der Waals surface area (Å²) < 4.78 is 22.2. The van der Waals surface area contributed by atoms with E-state index in [0.717, 1.165) is 18.4 Å². The van der Waals surface area contributed by atoms with Crippen molar-refractivity contribution in [2.75, 3.05) is 6.61 Å². The molecule has 0 aliphatic heterocycles. The van der Waals surface area contributed by atoms with Crippen LogP contribution in [0, 0.1) is 0 Å². The number of hydrogen-bond donors (Lipinski definition) is 1. The minimum atomic E-state index is -3.55. The Morgan fingerprint density at radius 2 is 1.94 bits per heavy atom. The molecule has 0 unspecified atom stereocenters. The van der Waals surface area contributed by atoms with Gasteiger partial charge in [-0.3, -0.25) is 0 Å². The molecule has 0 saturated heterocycles. The van der Waals surface area contributed by atoms with Gasteiger partial charge in [0.25, 0.3) is 0 Å². The van der Waals surface area contributed by atoms with Crippen molar-refractivity contribution in [1.29, 1.82) is 0 Å². The predicted molar refractivity (Wildman–Crippen MR) is 62.9 cm³/mol. The normalized spacial score (nSPS) is 18.4. The Hall–Kier alpha value is -0.580. The van der Waals surface area contributed by atoms with Crippen LogP contribution in [0.2, 0.25) is 0 Å². The number of aliphatic hydroxyl groups is 1. The van der Waals surface area contributed by atoms with Crippen molar-refractivity contribution in [3.8, 4) is 0 Å². The molecule has 2 rings (SSSR count). The number of hydrogen-bond acceptors (Lipinski definition) is 3. The fourth-order valence-electron chi connectivity index (χ4n) is 2.01. The van der Waals surface area contributed by atoms with E-state index in [9.17, 15) is 13.5 Å². The van der Waals surface area contributed by atoms with Crippen molar-refractivity contribution >= 4 is 19.7 Å². The lowest BCUT2D eigenvalue weighted by atomic mass is 9.93. The quantitative estimate of drug-likeness (QED) is 0.840. The smallest absolute Gasteiger partial charge is 0.236 e. The molecule has 5 heteroatoms. The maximum absolute atomic E-state index is 11.1. The van der Waals surface area contributed by atoms with Crippen LogP contribution in [0.4, 0.5) is 0 Å². The van der Waals surface area contributed by atoms with Crippen LogP contribution >= 0.6 is 10.7 Å². The number of benzene rings is 1. The van der Waals surface area contributed by atoms with Crippen LogP contribution in [0.15, 0.2) is 24.3 Å². The van der Waals surface area contributed by atoms with E-state index in [0.29, 0.717) is 5.56 Å². The molecule has 1 aliphatic rings. The van der Waals surface area contributed by atoms with Gasteiger partial charge in [0.1, 0.15) is 0 Å². The first-order valence-electron chi connectivity index (χ1n) is 5.08. The number of aliphatic hydroxyl groups excluding tert-OH is 1. The van der Waals surface area contributed by atoms with E-state index in [1.807, 2.05) is 12.1 Å². The molecule has 0 spiro atoms. The van der Waals surface area contributed by atoms with Crippen LogP contribution in [0.3, 0.4) is 0 Å². The first-order chi connectivity index (χ1) is 7.47. The Bertz CT molecular complexity index is 492. The maximum atomic E-state index is 11.1. The fraction of sp³-hybridized carbons (Fsp3) is 0.455. The van der Waals surface area contributed by atoms with E-state index < -0.39 is 9.05 Å². The monoisotopic (exact) mass is 260 g/mol. The Kier molecular flexibility index (Phi) is 2.99. The summed E-state index contributed by atoms with van der Waals surface area (Å²) in [5, 5.41) is 9.35. The minimum Gasteiger partial charge on any atom is -0.395 e. The third kappa shape index (κ3) is 2.39. The van der Waals surface area contributed by atoms with E-state index >= 15 is 0 Å². The highest BCUT2D eigenvalue weighted by atomic mass is 35.7. The van der Waals surface area contributed by atoms with Crippen molar-refractivity contribution < 1.29 is 13.5 Å². The zero-order valence-corrected chi connectivity index (χ0v) is 10.3. The van der Waals surface area contributed by atoms with Gasteiger partial charge in [-0.2, -0.15) is 0 Å². The third-order valence-corrected chi connectivity index (χ3v) is 4.06. The topological polar surface area (TPSA) is 54.4 Å². The summed E-state index contributed by atoms with van der Waals surface area (Å²) in [4.78, 5) is 0. The third-order valence-electron chi connectivity index (χ3n) is 3.07. The molecule has 0 bridgehead atoms. The molecule has 0 atom stereocenters. The standard InChI is InChI=1S/C11H13ClO3S/c12-16(14,15)7-9-3-1-2-4-10(9)11(8-13)5-6-11/h1-4,13H,5-8H2. The highest BCUT2D eigenvalue weighted by Gasteiger charge is 2.45. The van der Waals surface area contributed by atoms with Crippen LogP contribution in [0.1, 0.15) is 24.0 Å². The van der Waals surface area contributed by atoms with Crippen molar-refractivity contribution in [3.63, 3.8) is 0 Å². The van der Waals surface area contributed by atoms with Crippen LogP contribution in [0.5, 0.6) is 0 Å². The highest BCUT2D eigenvalue weighted by Crippen LogP contribution is 2.49. The summed E-state index contributed by atoms with van der Waals surface area (Å²) in [5.41, 5.74) is 1.39. The Morgan fingerprint density at radius 3 is 2.44 bits per heavy atom. The van der Waals surface area contributed by atoms with Gasteiger partial charge in [0.2, 0.25) is 9.05 Å². The molecule has 0 aromatic heterocycles. The summed E-state index contributed by atoms with van der Waals surface area (Å²) in [6, 6.07) is 7.27. The maximum Gasteiger partial charge on any atom is 0.236 e. The molecule has 1 fully saturated rings. The summed E-state index contributed by atoms with van der Waals surface area (Å²) in [6.45, 7) is 0.0619. The number of rotatable bonds is 4. The molecule has 1 aliphatic carbocycles. The first-order valence-corrected chi connectivity index (χ1v) is 7.56. The molecule has 88 valence electrons. The van der Waals surface area contributed by atoms with Gasteiger partial charge in [0.15, 0.2) is 0 Å². The Balaban J connectivity index is 2.39. The molecular formula is C11H13ClO3S. The molecule has 16 heavy (non-hydrogen) atoms. The van der Waals surface area contributed by atoms with Gasteiger partial charge in [-0.1, -0.05) is 24.3 Å². The lowest BCUT2D eigenvalue weighted by Gasteiger charge is -2.16. The summed E-state index contributed by atoms with van der Waals surface area (Å²) in [5.74, 6) is -0.174. The minimum absolute atomic E-state index is 0.0619. The molecule has 3 nitrogen and oxygen atoms in total. The van der Waals surface area contributed by atoms with Crippen molar-refractivity contribution in [3.05, 3.63) is 35.4 Å². The lowest BCUT2D eigenvalue weighted by molar-refractivity contribution is 0.254. The van der Waals surface area contributed by atoms with Gasteiger partial charge in [0, 0.05) is 16.1 Å². The lowest BCUT2D eigenvalue weighted by Crippen LogP contribution is -2.15. The molecule has 0 radical (unpaired) electrons. The van der Waals surface area contributed by atoms with E-state index in [-0.39, 0.29) is 17.8 Å². The van der Waals surface area contributed by atoms with Crippen molar-refractivity contribution in [2.45, 2.75) is 24.0 Å². The SMILES string of the molecule is O=S(=O)(Cl)Cc1ccccc1C1(CO)CC1. The average Bonchev–Trinajstić information content (AvgIpc) is 2.97. The molecule has 0 amide bonds. The van der Waals surface area contributed by atoms with Gasteiger partial charge >= 0.3 is 0 Å². The van der Waals surface area contributed by atoms with Crippen LogP contribution < -0.4 is 0 Å². The second kappa shape index (κ2) is 4.02. The van der Waals surface area contributed by atoms with Crippen LogP contribution in [-0.2, 0) is 20.2 Å². The van der Waals surface area contributed by atoms with E-state index in [2.05, 4.69) is 0 Å². The Labute approximate surface area is 99.5 Å². The average molecular weight is 261 g/mol. The van der Waals surface area contributed by atoms with Crippen LogP contribution in [0.25, 0.3) is 0 Å². The van der Waals surface area contributed by atoms with Crippen LogP contribution in [-0.4, -0.2) is 20.1 Å². The second-order valence-electron chi connectivity index (χ2n) is 4.28. The zero-order chi connectivity index (χ0) is 11.8. The van der Waals surface area contributed by atoms with Gasteiger partial charge in [-0.25, -0.2) is 8.42 Å². The molecule has 1 aromatic carbocycles. The fourth-order valence-corrected chi connectivity index (χ4v) is 2.99. The summed E-state index contributed by atoms with van der Waals surface area (Å²) >= 11 is 0. The molecule has 1 N–H and O–H groups in total. The van der Waals surface area contributed by atoms with Crippen molar-refractivity contribution in [2.24, 2.45) is 0 Å². The van der Waals surface area contributed by atoms with E-state index in [1.54, 1.807) is 12.1 Å². The van der Waals surface area contributed by atoms with E-state index in [1.165, 1.54) is 0 Å². The molecule has 1 aromatic rings. The van der Waals surface area contributed by atoms with Gasteiger partial charge < -0.3 is 5.11 Å². The summed E-state index contributed by atoms with van der Waals surface area (Å²) in [6.07, 6.45) is 1.81. The Morgan fingerprint density at radius 1 is 1.31 bits per heavy atom. The molecule has 0 heterocycles. The van der Waals surface area contributed by atoms with Crippen molar-refractivity contribution in [1.82, 2.24) is 0 Å². The zero-order valence-electron chi connectivity index (χ0n) is 8.69. The van der Waals surface area contributed by atoms with Gasteiger partial charge in [-0.05, 0) is 24.0 Å². The molecule has 1 saturated carbocycles. The summed E-state index contributed by atoms with van der Waals surface area (Å²) in [7, 11) is 1.71. The van der Waals surface area contributed by atoms with E-state index in [4.69, 9.17) is 10.7 Å². The molecular weight excluding hydrogens is 248 g/mol. The highest BCUT2D eigenvalue weighted by molar-refractivity contribution is 8.13.